The Balaban J connectivity index is 1.87. The van der Waals surface area contributed by atoms with E-state index in [0.717, 1.165) is 6.42 Å². The second-order valence-electron chi connectivity index (χ2n) is 4.52. The van der Waals surface area contributed by atoms with Crippen LogP contribution in [0.3, 0.4) is 0 Å². The summed E-state index contributed by atoms with van der Waals surface area (Å²) in [6.45, 7) is 3.70. The predicted octanol–water partition coefficient (Wildman–Crippen LogP) is 1.49. The van der Waals surface area contributed by atoms with E-state index < -0.39 is 5.97 Å². The van der Waals surface area contributed by atoms with Crippen LogP contribution in [-0.2, 0) is 9.53 Å². The molecule has 2 rings (SSSR count). The molecule has 6 heteroatoms. The van der Waals surface area contributed by atoms with Crippen molar-refractivity contribution in [3.05, 3.63) is 23.8 Å². The first kappa shape index (κ1) is 14.2. The summed E-state index contributed by atoms with van der Waals surface area (Å²) in [6, 6.07) is 4.81. The van der Waals surface area contributed by atoms with Gasteiger partial charge < -0.3 is 19.5 Å². The molecule has 108 valence electrons. The number of benzene rings is 1. The zero-order valence-electron chi connectivity index (χ0n) is 11.5. The van der Waals surface area contributed by atoms with E-state index in [1.807, 2.05) is 13.8 Å². The monoisotopic (exact) mass is 279 g/mol. The third-order valence-corrected chi connectivity index (χ3v) is 2.96. The lowest BCUT2D eigenvalue weighted by molar-refractivity contribution is -0.124. The Bertz CT molecular complexity index is 514. The quantitative estimate of drug-likeness (QED) is 0.826. The van der Waals surface area contributed by atoms with Crippen LogP contribution in [0.2, 0.25) is 0 Å². The first-order valence-electron chi connectivity index (χ1n) is 6.46. The Hall–Kier alpha value is -2.24. The van der Waals surface area contributed by atoms with E-state index in [1.54, 1.807) is 12.1 Å². The van der Waals surface area contributed by atoms with Gasteiger partial charge in [-0.1, -0.05) is 6.92 Å². The predicted molar refractivity (Wildman–Crippen MR) is 70.7 cm³/mol. The zero-order valence-corrected chi connectivity index (χ0v) is 11.5. The molecule has 1 aliphatic heterocycles. The summed E-state index contributed by atoms with van der Waals surface area (Å²) in [5.74, 6) is 0.218. The zero-order chi connectivity index (χ0) is 14.5. The lowest BCUT2D eigenvalue weighted by Gasteiger charge is -2.11. The van der Waals surface area contributed by atoms with E-state index in [1.165, 1.54) is 6.07 Å². The number of esters is 1. The van der Waals surface area contributed by atoms with Gasteiger partial charge in [-0.3, -0.25) is 4.79 Å². The summed E-state index contributed by atoms with van der Waals surface area (Å²) >= 11 is 0. The van der Waals surface area contributed by atoms with Gasteiger partial charge in [-0.05, 0) is 31.5 Å². The van der Waals surface area contributed by atoms with Crippen LogP contribution in [0.4, 0.5) is 0 Å². The summed E-state index contributed by atoms with van der Waals surface area (Å²) in [6.07, 6.45) is 0.821. The average Bonchev–Trinajstić information content (AvgIpc) is 2.91. The van der Waals surface area contributed by atoms with Gasteiger partial charge in [0.1, 0.15) is 0 Å². The first-order valence-corrected chi connectivity index (χ1v) is 6.46. The van der Waals surface area contributed by atoms with Crippen LogP contribution in [0.15, 0.2) is 18.2 Å². The largest absolute Gasteiger partial charge is 0.454 e. The number of fused-ring (bicyclic) bond motifs is 1. The van der Waals surface area contributed by atoms with E-state index in [4.69, 9.17) is 14.2 Å². The third-order valence-electron chi connectivity index (χ3n) is 2.96. The van der Waals surface area contributed by atoms with Gasteiger partial charge in [-0.15, -0.1) is 0 Å². The fraction of sp³-hybridized carbons (Fsp3) is 0.429. The molecule has 0 aliphatic carbocycles. The lowest BCUT2D eigenvalue weighted by atomic mass is 10.2. The second-order valence-corrected chi connectivity index (χ2v) is 4.52. The van der Waals surface area contributed by atoms with Gasteiger partial charge in [-0.25, -0.2) is 4.79 Å². The highest BCUT2D eigenvalue weighted by atomic mass is 16.7. The highest BCUT2D eigenvalue weighted by Crippen LogP contribution is 2.32. The topological polar surface area (TPSA) is 73.9 Å². The molecule has 20 heavy (non-hydrogen) atoms. The summed E-state index contributed by atoms with van der Waals surface area (Å²) in [5, 5.41) is 2.72. The third kappa shape index (κ3) is 3.40. The minimum absolute atomic E-state index is 0.0618. The molecule has 1 atom stereocenters. The second kappa shape index (κ2) is 6.27. The maximum absolute atomic E-state index is 11.8. The van der Waals surface area contributed by atoms with Crippen molar-refractivity contribution >= 4 is 11.9 Å². The van der Waals surface area contributed by atoms with Crippen LogP contribution in [0.5, 0.6) is 11.5 Å². The van der Waals surface area contributed by atoms with Crippen molar-refractivity contribution in [3.8, 4) is 11.5 Å². The molecule has 0 fully saturated rings. The molecule has 1 aromatic carbocycles. The van der Waals surface area contributed by atoms with Gasteiger partial charge in [-0.2, -0.15) is 0 Å². The van der Waals surface area contributed by atoms with Gasteiger partial charge in [0.05, 0.1) is 5.56 Å². The molecule has 1 heterocycles. The maximum atomic E-state index is 11.8. The molecule has 6 nitrogen and oxygen atoms in total. The van der Waals surface area contributed by atoms with E-state index in [-0.39, 0.29) is 25.3 Å². The summed E-state index contributed by atoms with van der Waals surface area (Å²) in [5.41, 5.74) is 0.325. The Morgan fingerprint density at radius 2 is 2.10 bits per heavy atom. The highest BCUT2D eigenvalue weighted by Gasteiger charge is 2.17. The molecule has 0 radical (unpaired) electrons. The van der Waals surface area contributed by atoms with Crippen molar-refractivity contribution in [2.45, 2.75) is 26.3 Å². The van der Waals surface area contributed by atoms with E-state index in [0.29, 0.717) is 17.1 Å². The van der Waals surface area contributed by atoms with Crippen molar-refractivity contribution in [2.24, 2.45) is 0 Å². The van der Waals surface area contributed by atoms with Crippen LogP contribution >= 0.6 is 0 Å². The Morgan fingerprint density at radius 1 is 1.35 bits per heavy atom. The Labute approximate surface area is 117 Å². The number of amides is 1. The first-order chi connectivity index (χ1) is 9.60. The van der Waals surface area contributed by atoms with Crippen molar-refractivity contribution < 1.29 is 23.8 Å². The number of hydrogen-bond donors (Lipinski definition) is 1. The van der Waals surface area contributed by atoms with Crippen LogP contribution < -0.4 is 14.8 Å². The average molecular weight is 279 g/mol. The minimum atomic E-state index is -0.567. The molecule has 1 aromatic rings. The van der Waals surface area contributed by atoms with Crippen LogP contribution in [0.25, 0.3) is 0 Å². The molecular weight excluding hydrogens is 262 g/mol. The molecule has 0 saturated carbocycles. The van der Waals surface area contributed by atoms with E-state index in [2.05, 4.69) is 5.32 Å². The van der Waals surface area contributed by atoms with Gasteiger partial charge >= 0.3 is 5.97 Å². The number of rotatable bonds is 5. The van der Waals surface area contributed by atoms with Crippen molar-refractivity contribution in [3.63, 3.8) is 0 Å². The van der Waals surface area contributed by atoms with Gasteiger partial charge in [0.2, 0.25) is 6.79 Å². The normalized spacial score (nSPS) is 13.7. The molecule has 0 spiro atoms. The van der Waals surface area contributed by atoms with Gasteiger partial charge in [0, 0.05) is 6.04 Å². The minimum Gasteiger partial charge on any atom is -0.454 e. The number of carbonyl (C=O) groups excluding carboxylic acids is 2. The molecule has 1 amide bonds. The molecule has 1 N–H and O–H groups in total. The number of nitrogens with one attached hydrogen (secondary N) is 1. The fourth-order valence-corrected chi connectivity index (χ4v) is 1.66. The molecule has 0 saturated heterocycles. The Morgan fingerprint density at radius 3 is 2.85 bits per heavy atom. The maximum Gasteiger partial charge on any atom is 0.338 e. The number of carbonyl (C=O) groups is 2. The SMILES string of the molecule is CC[C@H](C)NC(=O)COC(=O)c1ccc2c(c1)OCO2. The lowest BCUT2D eigenvalue weighted by Crippen LogP contribution is -2.35. The van der Waals surface area contributed by atoms with Gasteiger partial charge in [0.25, 0.3) is 5.91 Å². The molecule has 1 aliphatic rings. The number of ether oxygens (including phenoxy) is 3. The number of hydrogen-bond acceptors (Lipinski definition) is 5. The van der Waals surface area contributed by atoms with Crippen LogP contribution in [0, 0.1) is 0 Å². The van der Waals surface area contributed by atoms with Crippen LogP contribution in [0.1, 0.15) is 30.6 Å². The standard InChI is InChI=1S/C14H17NO5/c1-3-9(2)15-13(16)7-18-14(17)10-4-5-11-12(6-10)20-8-19-11/h4-6,9H,3,7-8H2,1-2H3,(H,15,16)/t9-/m0/s1. The molecule has 0 aromatic heterocycles. The highest BCUT2D eigenvalue weighted by molar-refractivity contribution is 5.92. The van der Waals surface area contributed by atoms with Crippen LogP contribution in [-0.4, -0.2) is 31.3 Å². The summed E-state index contributed by atoms with van der Waals surface area (Å²) in [7, 11) is 0. The smallest absolute Gasteiger partial charge is 0.338 e. The fourth-order valence-electron chi connectivity index (χ4n) is 1.66. The summed E-state index contributed by atoms with van der Waals surface area (Å²) < 4.78 is 15.3. The molecular formula is C14H17NO5. The van der Waals surface area contributed by atoms with Crippen molar-refractivity contribution in [1.82, 2.24) is 5.32 Å². The summed E-state index contributed by atoms with van der Waals surface area (Å²) in [4.78, 5) is 23.3. The molecule has 0 bridgehead atoms. The van der Waals surface area contributed by atoms with E-state index >= 15 is 0 Å². The Kier molecular flexibility index (Phi) is 4.45. The van der Waals surface area contributed by atoms with Crippen molar-refractivity contribution in [2.75, 3.05) is 13.4 Å². The molecule has 0 unspecified atom stereocenters. The van der Waals surface area contributed by atoms with Gasteiger partial charge in [0.15, 0.2) is 18.1 Å². The van der Waals surface area contributed by atoms with E-state index in [9.17, 15) is 9.59 Å². The van der Waals surface area contributed by atoms with Crippen molar-refractivity contribution in [1.29, 1.82) is 0 Å².